The summed E-state index contributed by atoms with van der Waals surface area (Å²) in [4.78, 5) is 0. The zero-order valence-corrected chi connectivity index (χ0v) is 11.9. The van der Waals surface area contributed by atoms with Crippen molar-refractivity contribution >= 4 is 15.9 Å². The number of hydrogen-bond acceptors (Lipinski definition) is 3. The zero-order valence-electron chi connectivity index (χ0n) is 10.3. The Morgan fingerprint density at radius 2 is 1.94 bits per heavy atom. The highest BCUT2D eigenvalue weighted by molar-refractivity contribution is 9.10. The Bertz CT molecular complexity index is 364. The summed E-state index contributed by atoms with van der Waals surface area (Å²) in [5.74, 6) is 0.261. The number of nitrogens with one attached hydrogen (secondary N) is 1. The summed E-state index contributed by atoms with van der Waals surface area (Å²) in [6.45, 7) is 5.03. The van der Waals surface area contributed by atoms with Crippen LogP contribution in [0.5, 0.6) is 5.75 Å². The maximum absolute atomic E-state index is 10.1. The van der Waals surface area contributed by atoms with Crippen molar-refractivity contribution in [1.82, 2.24) is 5.32 Å². The van der Waals surface area contributed by atoms with Crippen molar-refractivity contribution in [2.75, 3.05) is 6.54 Å². The van der Waals surface area contributed by atoms with Crippen LogP contribution in [-0.2, 0) is 6.54 Å². The topological polar surface area (TPSA) is 52.5 Å². The molecule has 3 nitrogen and oxygen atoms in total. The first-order valence-electron chi connectivity index (χ1n) is 5.92. The lowest BCUT2D eigenvalue weighted by Crippen LogP contribution is -2.39. The van der Waals surface area contributed by atoms with E-state index in [-0.39, 0.29) is 5.75 Å². The van der Waals surface area contributed by atoms with Gasteiger partial charge in [0.25, 0.3) is 0 Å². The molecule has 0 aliphatic heterocycles. The minimum atomic E-state index is -0.651. The number of phenolic OH excluding ortho intramolecular Hbond substituents is 1. The van der Waals surface area contributed by atoms with Crippen molar-refractivity contribution in [3.8, 4) is 5.75 Å². The number of aromatic hydroxyl groups is 1. The molecule has 0 unspecified atom stereocenters. The summed E-state index contributed by atoms with van der Waals surface area (Å²) in [5.41, 5.74) is 0.177. The largest absolute Gasteiger partial charge is 0.506 e. The Labute approximate surface area is 111 Å². The minimum absolute atomic E-state index is 0.261. The molecule has 3 N–H and O–H groups in total. The van der Waals surface area contributed by atoms with Crippen LogP contribution < -0.4 is 5.32 Å². The van der Waals surface area contributed by atoms with Gasteiger partial charge < -0.3 is 15.5 Å². The lowest BCUT2D eigenvalue weighted by atomic mass is 9.97. The van der Waals surface area contributed by atoms with Crippen LogP contribution in [0.1, 0.15) is 32.3 Å². The molecule has 0 saturated carbocycles. The Hall–Kier alpha value is -0.580. The summed E-state index contributed by atoms with van der Waals surface area (Å²) >= 11 is 3.28. The molecule has 0 aliphatic carbocycles. The molecule has 17 heavy (non-hydrogen) atoms. The van der Waals surface area contributed by atoms with Crippen LogP contribution in [0.2, 0.25) is 0 Å². The number of phenols is 1. The quantitative estimate of drug-likeness (QED) is 0.757. The minimum Gasteiger partial charge on any atom is -0.506 e. The normalized spacial score (nSPS) is 11.8. The molecule has 0 aromatic heterocycles. The lowest BCUT2D eigenvalue weighted by molar-refractivity contribution is 0.0322. The van der Waals surface area contributed by atoms with Crippen molar-refractivity contribution in [2.45, 2.75) is 38.8 Å². The summed E-state index contributed by atoms with van der Waals surface area (Å²) in [5, 5.41) is 23.1. The first-order valence-corrected chi connectivity index (χ1v) is 6.71. The van der Waals surface area contributed by atoms with Gasteiger partial charge in [-0.15, -0.1) is 0 Å². The van der Waals surface area contributed by atoms with Gasteiger partial charge in [-0.25, -0.2) is 0 Å². The highest BCUT2D eigenvalue weighted by Crippen LogP contribution is 2.27. The number of aliphatic hydroxyl groups is 1. The van der Waals surface area contributed by atoms with Crippen LogP contribution in [0.25, 0.3) is 0 Å². The van der Waals surface area contributed by atoms with Gasteiger partial charge in [0, 0.05) is 18.7 Å². The molecule has 0 saturated heterocycles. The Balaban J connectivity index is 2.54. The van der Waals surface area contributed by atoms with Gasteiger partial charge >= 0.3 is 0 Å². The maximum atomic E-state index is 10.1. The van der Waals surface area contributed by atoms with Gasteiger partial charge in [-0.2, -0.15) is 0 Å². The van der Waals surface area contributed by atoms with Crippen molar-refractivity contribution in [3.63, 3.8) is 0 Å². The van der Waals surface area contributed by atoms with Crippen LogP contribution in [-0.4, -0.2) is 22.4 Å². The third-order valence-electron chi connectivity index (χ3n) is 3.16. The van der Waals surface area contributed by atoms with Crippen LogP contribution in [0.3, 0.4) is 0 Å². The highest BCUT2D eigenvalue weighted by Gasteiger charge is 2.21. The molecule has 4 heteroatoms. The lowest BCUT2D eigenvalue weighted by Gasteiger charge is -2.25. The molecule has 0 amide bonds. The van der Waals surface area contributed by atoms with Crippen molar-refractivity contribution < 1.29 is 10.2 Å². The molecule has 1 rings (SSSR count). The summed E-state index contributed by atoms with van der Waals surface area (Å²) in [6, 6.07) is 5.55. The van der Waals surface area contributed by atoms with E-state index in [1.165, 1.54) is 0 Å². The molecule has 0 spiro atoms. The highest BCUT2D eigenvalue weighted by atomic mass is 79.9. The molecule has 1 aromatic carbocycles. The van der Waals surface area contributed by atoms with E-state index in [0.29, 0.717) is 17.6 Å². The van der Waals surface area contributed by atoms with Crippen LogP contribution in [0, 0.1) is 0 Å². The fourth-order valence-corrected chi connectivity index (χ4v) is 2.04. The Kier molecular flexibility index (Phi) is 5.43. The second-order valence-electron chi connectivity index (χ2n) is 4.28. The van der Waals surface area contributed by atoms with Crippen LogP contribution in [0.4, 0.5) is 0 Å². The summed E-state index contributed by atoms with van der Waals surface area (Å²) < 4.78 is 0.693. The van der Waals surface area contributed by atoms with Gasteiger partial charge in [0.05, 0.1) is 10.1 Å². The number of rotatable bonds is 6. The molecule has 0 atom stereocenters. The van der Waals surface area contributed by atoms with Crippen LogP contribution >= 0.6 is 15.9 Å². The second-order valence-corrected chi connectivity index (χ2v) is 5.14. The number of benzene rings is 1. The summed E-state index contributed by atoms with van der Waals surface area (Å²) in [7, 11) is 0. The van der Waals surface area contributed by atoms with Gasteiger partial charge in [-0.1, -0.05) is 26.0 Å². The molecule has 0 aliphatic rings. The SMILES string of the molecule is CCC(O)(CC)CNCc1cccc(Br)c1O. The zero-order chi connectivity index (χ0) is 12.9. The van der Waals surface area contributed by atoms with E-state index >= 15 is 0 Å². The van der Waals surface area contributed by atoms with Gasteiger partial charge in [0.2, 0.25) is 0 Å². The average Bonchev–Trinajstić information content (AvgIpc) is 2.34. The molecular formula is C13H20BrNO2. The predicted octanol–water partition coefficient (Wildman–Crippen LogP) is 2.80. The van der Waals surface area contributed by atoms with E-state index in [2.05, 4.69) is 21.2 Å². The Morgan fingerprint density at radius 1 is 1.29 bits per heavy atom. The van der Waals surface area contributed by atoms with E-state index in [1.807, 2.05) is 26.0 Å². The molecule has 0 radical (unpaired) electrons. The predicted molar refractivity (Wildman–Crippen MR) is 73.0 cm³/mol. The smallest absolute Gasteiger partial charge is 0.134 e. The second kappa shape index (κ2) is 6.38. The number of halogens is 1. The molecule has 1 aromatic rings. The van der Waals surface area contributed by atoms with E-state index < -0.39 is 5.60 Å². The standard InChI is InChI=1S/C13H20BrNO2/c1-3-13(17,4-2)9-15-8-10-6-5-7-11(14)12(10)16/h5-7,15-17H,3-4,8-9H2,1-2H3. The first-order chi connectivity index (χ1) is 8.02. The third kappa shape index (κ3) is 3.98. The number of hydrogen-bond donors (Lipinski definition) is 3. The van der Waals surface area contributed by atoms with Crippen molar-refractivity contribution in [2.24, 2.45) is 0 Å². The average molecular weight is 302 g/mol. The van der Waals surface area contributed by atoms with E-state index in [9.17, 15) is 10.2 Å². The summed E-state index contributed by atoms with van der Waals surface area (Å²) in [6.07, 6.45) is 1.45. The van der Waals surface area contributed by atoms with Gasteiger partial charge in [-0.05, 0) is 34.8 Å². The number of para-hydroxylation sites is 1. The molecular weight excluding hydrogens is 282 g/mol. The fourth-order valence-electron chi connectivity index (χ4n) is 1.63. The fraction of sp³-hybridized carbons (Fsp3) is 0.538. The monoisotopic (exact) mass is 301 g/mol. The van der Waals surface area contributed by atoms with E-state index in [0.717, 1.165) is 18.4 Å². The molecule has 0 bridgehead atoms. The van der Waals surface area contributed by atoms with Crippen molar-refractivity contribution in [3.05, 3.63) is 28.2 Å². The van der Waals surface area contributed by atoms with E-state index in [1.54, 1.807) is 6.07 Å². The third-order valence-corrected chi connectivity index (χ3v) is 3.80. The first kappa shape index (κ1) is 14.5. The molecule has 0 heterocycles. The van der Waals surface area contributed by atoms with Gasteiger partial charge in [-0.3, -0.25) is 0 Å². The maximum Gasteiger partial charge on any atom is 0.134 e. The molecule has 96 valence electrons. The van der Waals surface area contributed by atoms with Crippen LogP contribution in [0.15, 0.2) is 22.7 Å². The van der Waals surface area contributed by atoms with E-state index in [4.69, 9.17) is 0 Å². The van der Waals surface area contributed by atoms with Crippen molar-refractivity contribution in [1.29, 1.82) is 0 Å². The Morgan fingerprint density at radius 3 is 2.53 bits per heavy atom. The van der Waals surface area contributed by atoms with Gasteiger partial charge in [0.1, 0.15) is 5.75 Å². The molecule has 0 fully saturated rings. The van der Waals surface area contributed by atoms with Gasteiger partial charge in [0.15, 0.2) is 0 Å².